The van der Waals surface area contributed by atoms with E-state index in [9.17, 15) is 33.6 Å². The predicted molar refractivity (Wildman–Crippen MR) is 289 cm³/mol. The van der Waals surface area contributed by atoms with Gasteiger partial charge in [0.1, 0.15) is 47.7 Å². The summed E-state index contributed by atoms with van der Waals surface area (Å²) >= 11 is 0. The van der Waals surface area contributed by atoms with E-state index in [1.54, 1.807) is 73.6 Å². The molecule has 4 atom stereocenters. The molecule has 2 aromatic heterocycles. The molecule has 0 unspecified atom stereocenters. The molecule has 0 fully saturated rings. The van der Waals surface area contributed by atoms with Crippen LogP contribution in [0.15, 0.2) is 63.8 Å². The fourth-order valence-electron chi connectivity index (χ4n) is 8.67. The number of alkyl carbamates (subject to hydrolysis) is 2. The number of amides is 6. The van der Waals surface area contributed by atoms with Gasteiger partial charge in [-0.25, -0.2) is 29.1 Å². The van der Waals surface area contributed by atoms with Crippen LogP contribution in [0.2, 0.25) is 0 Å². The number of aryl methyl sites for hydroxylation is 2. The van der Waals surface area contributed by atoms with Crippen LogP contribution in [0.3, 0.4) is 0 Å². The molecule has 418 valence electrons. The molecule has 0 spiro atoms. The van der Waals surface area contributed by atoms with Gasteiger partial charge in [-0.3, -0.25) is 24.2 Å². The standard InChI is InChI=1S/C56H71N9O13/c1-29-42(30(2)60-45(59-29)33-16-18-35(19-17-33)54(4,5)6)47(67)62-38(21-22-57-51(71)77-55(7,8)9)49(69)65(13)43-34-27-37(44-39(28-34)64-53(73)76-44)36-25-32(15-20-41(36)75-24-23-58-52(72)78-56(10,11)12)26-40(50(70)74-14)63-46(66)31(3)61-48(43)68/h15-20,25,27-28,31,38,40,43H,21-24,26H2,1-14H3,(H,57,71)(H,58,72)(H,61,68)(H,62,67)(H,63,66)(H,64,73)/t31-,38-,40-,43-/m0/s1. The molecule has 6 N–H and O–H groups in total. The number of hydrogen-bond acceptors (Lipinski definition) is 15. The average molecular weight is 1080 g/mol. The topological polar surface area (TPSA) is 292 Å². The van der Waals surface area contributed by atoms with Gasteiger partial charge in [-0.15, -0.1) is 0 Å². The molecule has 0 saturated heterocycles. The van der Waals surface area contributed by atoms with Gasteiger partial charge < -0.3 is 54.8 Å². The van der Waals surface area contributed by atoms with Gasteiger partial charge in [0.05, 0.1) is 36.1 Å². The molecular weight excluding hydrogens is 1010 g/mol. The van der Waals surface area contributed by atoms with Gasteiger partial charge in [0.15, 0.2) is 11.4 Å². The zero-order valence-electron chi connectivity index (χ0n) is 46.7. The Morgan fingerprint density at radius 3 is 2.00 bits per heavy atom. The number of methoxy groups -OCH3 is 1. The lowest BCUT2D eigenvalue weighted by molar-refractivity contribution is -0.145. The first-order valence-electron chi connectivity index (χ1n) is 25.5. The van der Waals surface area contributed by atoms with Crippen LogP contribution in [0.5, 0.6) is 5.75 Å². The number of esters is 1. The Balaban J connectivity index is 1.44. The lowest BCUT2D eigenvalue weighted by Crippen LogP contribution is -2.55. The number of aromatic nitrogens is 3. The summed E-state index contributed by atoms with van der Waals surface area (Å²) in [7, 11) is 2.48. The Bertz CT molecular complexity index is 3120. The van der Waals surface area contributed by atoms with E-state index in [4.69, 9.17) is 23.4 Å². The van der Waals surface area contributed by atoms with Crippen molar-refractivity contribution in [3.05, 3.63) is 98.8 Å². The Hall–Kier alpha value is -8.30. The highest BCUT2D eigenvalue weighted by Gasteiger charge is 2.37. The molecule has 78 heavy (non-hydrogen) atoms. The molecule has 0 radical (unpaired) electrons. The third-order valence-electron chi connectivity index (χ3n) is 12.4. The number of rotatable bonds is 13. The summed E-state index contributed by atoms with van der Waals surface area (Å²) in [5, 5.41) is 13.4. The normalized spacial score (nSPS) is 16.4. The predicted octanol–water partition coefficient (Wildman–Crippen LogP) is 5.99. The fraction of sp³-hybridized carbons (Fsp3) is 0.464. The van der Waals surface area contributed by atoms with Crippen molar-refractivity contribution >= 4 is 52.9 Å². The van der Waals surface area contributed by atoms with E-state index in [0.717, 1.165) is 23.1 Å². The van der Waals surface area contributed by atoms with Crippen LogP contribution in [-0.4, -0.2) is 125 Å². The second-order valence-electron chi connectivity index (χ2n) is 22.1. The summed E-state index contributed by atoms with van der Waals surface area (Å²) in [6.07, 6.45) is -1.77. The van der Waals surface area contributed by atoms with E-state index in [1.807, 2.05) is 24.3 Å². The van der Waals surface area contributed by atoms with Crippen molar-refractivity contribution in [3.8, 4) is 28.3 Å². The second-order valence-corrected chi connectivity index (χ2v) is 22.1. The summed E-state index contributed by atoms with van der Waals surface area (Å²) < 4.78 is 27.8. The third kappa shape index (κ3) is 15.0. The van der Waals surface area contributed by atoms with Crippen molar-refractivity contribution in [2.45, 2.75) is 137 Å². The monoisotopic (exact) mass is 1080 g/mol. The Kier molecular flexibility index (Phi) is 18.1. The van der Waals surface area contributed by atoms with Crippen LogP contribution in [-0.2, 0) is 45.2 Å². The van der Waals surface area contributed by atoms with Gasteiger partial charge in [-0.05, 0) is 115 Å². The van der Waals surface area contributed by atoms with Crippen molar-refractivity contribution in [2.75, 3.05) is 33.9 Å². The van der Waals surface area contributed by atoms with Crippen LogP contribution in [0, 0.1) is 13.8 Å². The highest BCUT2D eigenvalue weighted by molar-refractivity contribution is 6.01. The number of benzene rings is 3. The lowest BCUT2D eigenvalue weighted by atomic mass is 9.86. The Morgan fingerprint density at radius 1 is 0.795 bits per heavy atom. The molecule has 1 aliphatic rings. The highest BCUT2D eigenvalue weighted by atomic mass is 16.6. The molecule has 6 rings (SSSR count). The van der Waals surface area contributed by atoms with E-state index in [-0.39, 0.29) is 77.1 Å². The molecule has 22 nitrogen and oxygen atoms in total. The maximum Gasteiger partial charge on any atom is 0.417 e. The summed E-state index contributed by atoms with van der Waals surface area (Å²) in [5.74, 6) is -4.26. The zero-order chi connectivity index (χ0) is 57.6. The molecule has 4 bridgehead atoms. The maximum atomic E-state index is 15.3. The number of carbonyl (C=O) groups is 7. The van der Waals surface area contributed by atoms with E-state index >= 15 is 4.79 Å². The van der Waals surface area contributed by atoms with Crippen LogP contribution >= 0.6 is 0 Å². The van der Waals surface area contributed by atoms with Crippen molar-refractivity contribution in [3.63, 3.8) is 0 Å². The number of oxazole rings is 1. The largest absolute Gasteiger partial charge is 0.491 e. The zero-order valence-corrected chi connectivity index (χ0v) is 46.7. The van der Waals surface area contributed by atoms with E-state index < -0.39 is 82.9 Å². The second kappa shape index (κ2) is 23.9. The first-order chi connectivity index (χ1) is 36.4. The molecule has 3 aromatic carbocycles. The van der Waals surface area contributed by atoms with Gasteiger partial charge in [-0.2, -0.15) is 0 Å². The molecule has 0 saturated carbocycles. The van der Waals surface area contributed by atoms with Crippen molar-refractivity contribution < 1.29 is 56.9 Å². The minimum absolute atomic E-state index is 0.00325. The smallest absolute Gasteiger partial charge is 0.417 e. The SMILES string of the molecule is COC(=O)[C@@H]1Cc2ccc(OCCNC(=O)OC(C)(C)C)c(c2)-c2cc(cc3[nH]c(=O)oc23)[C@H](N(C)C(=O)[C@H](CCNC(=O)OC(C)(C)C)NC(=O)c2c(C)nc(-c3ccc(C(C)(C)C)cc3)nc2C)C(=O)N[C@@H](C)C(=O)N1. The summed E-state index contributed by atoms with van der Waals surface area (Å²) in [4.78, 5) is 123. The van der Waals surface area contributed by atoms with Crippen LogP contribution in [0.1, 0.15) is 120 Å². The van der Waals surface area contributed by atoms with Gasteiger partial charge in [0.2, 0.25) is 17.7 Å². The number of nitrogens with one attached hydrogen (secondary N) is 6. The molecule has 0 aliphatic carbocycles. The molecule has 22 heteroatoms. The van der Waals surface area contributed by atoms with E-state index in [2.05, 4.69) is 62.3 Å². The average Bonchev–Trinajstić information content (AvgIpc) is 3.82. The summed E-state index contributed by atoms with van der Waals surface area (Å²) in [6.45, 7) is 21.0. The fourth-order valence-corrected chi connectivity index (χ4v) is 8.67. The maximum absolute atomic E-state index is 15.3. The van der Waals surface area contributed by atoms with E-state index in [1.165, 1.54) is 26.1 Å². The summed E-state index contributed by atoms with van der Waals surface area (Å²) in [5.41, 5.74) is 2.07. The first kappa shape index (κ1) is 59.0. The van der Waals surface area contributed by atoms with Gasteiger partial charge >= 0.3 is 23.9 Å². The van der Waals surface area contributed by atoms with Gasteiger partial charge in [0.25, 0.3) is 5.91 Å². The van der Waals surface area contributed by atoms with Gasteiger partial charge in [-0.1, -0.05) is 51.1 Å². The molecule has 1 aliphatic heterocycles. The summed E-state index contributed by atoms with van der Waals surface area (Å²) in [6, 6.07) is 10.0. The number of fused-ring (bicyclic) bond motifs is 7. The molecule has 3 heterocycles. The number of H-pyrrole nitrogens is 1. The van der Waals surface area contributed by atoms with Crippen molar-refractivity contribution in [1.82, 2.24) is 46.4 Å². The highest BCUT2D eigenvalue weighted by Crippen LogP contribution is 2.39. The van der Waals surface area contributed by atoms with E-state index in [0.29, 0.717) is 22.8 Å². The number of ether oxygens (including phenoxy) is 4. The number of hydrogen-bond donors (Lipinski definition) is 6. The number of aromatic amines is 1. The number of carbonyl (C=O) groups excluding carboxylic acids is 7. The first-order valence-corrected chi connectivity index (χ1v) is 25.5. The van der Waals surface area contributed by atoms with Crippen LogP contribution < -0.4 is 37.1 Å². The van der Waals surface area contributed by atoms with Crippen LogP contribution in [0.4, 0.5) is 9.59 Å². The lowest BCUT2D eigenvalue weighted by Gasteiger charge is -2.32. The van der Waals surface area contributed by atoms with Gasteiger partial charge in [0, 0.05) is 36.7 Å². The minimum atomic E-state index is -1.63. The van der Waals surface area contributed by atoms with Crippen LogP contribution in [0.25, 0.3) is 33.6 Å². The quantitative estimate of drug-likeness (QED) is 0.0448. The van der Waals surface area contributed by atoms with Crippen molar-refractivity contribution in [1.29, 1.82) is 0 Å². The minimum Gasteiger partial charge on any atom is -0.491 e. The third-order valence-corrected chi connectivity index (χ3v) is 12.4. The number of likely N-dealkylation sites (N-methyl/N-ethyl adjacent to an activating group) is 1. The molecular formula is C56H71N9O13. The Labute approximate surface area is 452 Å². The number of nitrogens with zero attached hydrogens (tertiary/aromatic N) is 3. The molecule has 6 amide bonds. The van der Waals surface area contributed by atoms with Crippen molar-refractivity contribution in [2.24, 2.45) is 0 Å². The Morgan fingerprint density at radius 2 is 1.41 bits per heavy atom. The molecule has 5 aromatic rings.